The quantitative estimate of drug-likeness (QED) is 0.188. The Balaban J connectivity index is 0.971. The van der Waals surface area contributed by atoms with Crippen molar-refractivity contribution < 1.29 is 13.9 Å². The van der Waals surface area contributed by atoms with Gasteiger partial charge >= 0.3 is 0 Å². The Kier molecular flexibility index (Phi) is 10.8. The van der Waals surface area contributed by atoms with Crippen molar-refractivity contribution in [3.8, 4) is 16.9 Å². The number of nitrogens with one attached hydrogen (secondary N) is 1. The fraction of sp³-hybridized carbons (Fsp3) is 0.409. The zero-order valence-corrected chi connectivity index (χ0v) is 32.1. The molecule has 7 rings (SSSR count). The summed E-state index contributed by atoms with van der Waals surface area (Å²) in [5.74, 6) is 0.955. The van der Waals surface area contributed by atoms with E-state index < -0.39 is 0 Å². The molecule has 1 atom stereocenters. The maximum atomic E-state index is 15.4. The maximum absolute atomic E-state index is 15.4. The smallest absolute Gasteiger partial charge is 0.253 e. The number of benzene rings is 3. The van der Waals surface area contributed by atoms with Gasteiger partial charge in [0, 0.05) is 79.3 Å². The van der Waals surface area contributed by atoms with E-state index in [0.717, 1.165) is 110 Å². The summed E-state index contributed by atoms with van der Waals surface area (Å²) in [5.41, 5.74) is 11.1. The van der Waals surface area contributed by atoms with Crippen LogP contribution in [0.15, 0.2) is 71.8 Å². The fourth-order valence-corrected chi connectivity index (χ4v) is 8.86. The first-order chi connectivity index (χ1) is 25.5. The van der Waals surface area contributed by atoms with Crippen molar-refractivity contribution in [2.45, 2.75) is 71.9 Å². The molecule has 3 aliphatic heterocycles. The highest BCUT2D eigenvalue weighted by atomic mass is 35.5. The molecule has 0 spiro atoms. The molecule has 3 aromatic carbocycles. The summed E-state index contributed by atoms with van der Waals surface area (Å²) in [4.78, 5) is 29.4. The lowest BCUT2D eigenvalue weighted by molar-refractivity contribution is -0.125. The van der Waals surface area contributed by atoms with Crippen molar-refractivity contribution in [3.63, 3.8) is 0 Å². The Morgan fingerprint density at radius 3 is 2.51 bits per heavy atom. The number of carbonyl (C=O) groups is 1. The van der Waals surface area contributed by atoms with Crippen molar-refractivity contribution in [1.82, 2.24) is 14.8 Å². The third-order valence-electron chi connectivity index (χ3n) is 11.9. The monoisotopic (exact) mass is 736 g/mol. The van der Waals surface area contributed by atoms with Gasteiger partial charge in [-0.3, -0.25) is 14.5 Å². The minimum Gasteiger partial charge on any atom is -0.496 e. The average molecular weight is 737 g/mol. The first-order valence-electron chi connectivity index (χ1n) is 18.9. The molecule has 1 amide bonds. The van der Waals surface area contributed by atoms with E-state index in [2.05, 4.69) is 39.9 Å². The second-order valence-electron chi connectivity index (χ2n) is 15.3. The molecular formula is C44H50ClFN4O3. The largest absolute Gasteiger partial charge is 0.496 e. The van der Waals surface area contributed by atoms with Crippen molar-refractivity contribution in [1.29, 1.82) is 0 Å². The van der Waals surface area contributed by atoms with Gasteiger partial charge in [0.15, 0.2) is 0 Å². The van der Waals surface area contributed by atoms with Gasteiger partial charge in [-0.15, -0.1) is 0 Å². The number of methoxy groups -OCH3 is 1. The zero-order chi connectivity index (χ0) is 37.4. The van der Waals surface area contributed by atoms with Crippen LogP contribution in [0.4, 0.5) is 10.1 Å². The number of halogens is 2. The van der Waals surface area contributed by atoms with Gasteiger partial charge in [-0.25, -0.2) is 4.39 Å². The molecule has 1 aromatic heterocycles. The SMILES string of the molecule is C=C1CC[C@@H](Cc2ccc(N3CCC(Cc4cccc5c4CCN(Cc4c(Cl)cc(-c6cn(C)c(=O)c(C)c6C)cc4OC)C5)CC3)c(F)c2)C(=O)N1. The van der Waals surface area contributed by atoms with Crippen LogP contribution in [0.1, 0.15) is 64.6 Å². The zero-order valence-electron chi connectivity index (χ0n) is 31.4. The summed E-state index contributed by atoms with van der Waals surface area (Å²) in [6.07, 6.45) is 8.02. The molecule has 0 radical (unpaired) electrons. The molecule has 9 heteroatoms. The van der Waals surface area contributed by atoms with E-state index in [-0.39, 0.29) is 23.2 Å². The maximum Gasteiger partial charge on any atom is 0.253 e. The summed E-state index contributed by atoms with van der Waals surface area (Å²) in [5, 5.41) is 3.50. The van der Waals surface area contributed by atoms with Crippen LogP contribution in [0.5, 0.6) is 5.75 Å². The van der Waals surface area contributed by atoms with Gasteiger partial charge < -0.3 is 19.5 Å². The molecule has 1 N–H and O–H groups in total. The minimum atomic E-state index is -0.201. The van der Waals surface area contributed by atoms with E-state index in [1.54, 1.807) is 24.8 Å². The van der Waals surface area contributed by atoms with E-state index in [1.165, 1.54) is 16.7 Å². The summed E-state index contributed by atoms with van der Waals surface area (Å²) < 4.78 is 22.9. The number of carbonyl (C=O) groups excluding carboxylic acids is 1. The number of pyridine rings is 1. The molecule has 7 nitrogen and oxygen atoms in total. The lowest BCUT2D eigenvalue weighted by atomic mass is 9.85. The number of aryl methyl sites for hydroxylation is 1. The summed E-state index contributed by atoms with van der Waals surface area (Å²) >= 11 is 6.97. The summed E-state index contributed by atoms with van der Waals surface area (Å²) in [6.45, 7) is 11.8. The molecule has 0 saturated carbocycles. The highest BCUT2D eigenvalue weighted by molar-refractivity contribution is 6.32. The predicted octanol–water partition coefficient (Wildman–Crippen LogP) is 8.07. The normalized spacial score (nSPS) is 18.2. The molecule has 53 heavy (non-hydrogen) atoms. The van der Waals surface area contributed by atoms with Crippen LogP contribution in [0.25, 0.3) is 11.1 Å². The van der Waals surface area contributed by atoms with E-state index in [4.69, 9.17) is 16.3 Å². The molecule has 0 bridgehead atoms. The van der Waals surface area contributed by atoms with E-state index >= 15 is 4.39 Å². The fourth-order valence-electron chi connectivity index (χ4n) is 8.59. The number of allylic oxidation sites excluding steroid dienone is 1. The minimum absolute atomic E-state index is 0.00540. The van der Waals surface area contributed by atoms with Crippen LogP contribution in [-0.4, -0.2) is 42.1 Å². The number of rotatable bonds is 9. The van der Waals surface area contributed by atoms with Crippen LogP contribution in [0, 0.1) is 31.5 Å². The number of hydrogen-bond donors (Lipinski definition) is 1. The van der Waals surface area contributed by atoms with Gasteiger partial charge in [0.25, 0.3) is 5.56 Å². The number of hydrogen-bond acceptors (Lipinski definition) is 5. The highest BCUT2D eigenvalue weighted by Gasteiger charge is 2.27. The molecule has 0 unspecified atom stereocenters. The second-order valence-corrected chi connectivity index (χ2v) is 15.7. The predicted molar refractivity (Wildman–Crippen MR) is 211 cm³/mol. The average Bonchev–Trinajstić information content (AvgIpc) is 3.14. The third-order valence-corrected chi connectivity index (χ3v) is 12.2. The number of nitrogens with zero attached hydrogens (tertiary/aromatic N) is 3. The van der Waals surface area contributed by atoms with Crippen LogP contribution in [0.3, 0.4) is 0 Å². The molecule has 3 aliphatic rings. The number of anilines is 1. The van der Waals surface area contributed by atoms with E-state index in [0.29, 0.717) is 29.6 Å². The summed E-state index contributed by atoms with van der Waals surface area (Å²) in [6, 6.07) is 16.3. The van der Waals surface area contributed by atoms with Crippen molar-refractivity contribution in [3.05, 3.63) is 127 Å². The van der Waals surface area contributed by atoms with Gasteiger partial charge in [-0.05, 0) is 122 Å². The van der Waals surface area contributed by atoms with E-state index in [1.807, 2.05) is 44.3 Å². The molecule has 4 aromatic rings. The van der Waals surface area contributed by atoms with Gasteiger partial charge in [0.1, 0.15) is 11.6 Å². The Hall–Kier alpha value is -4.40. The van der Waals surface area contributed by atoms with E-state index in [9.17, 15) is 9.59 Å². The standard InChI is InChI=1S/C44H50ClFN4O3/c1-27-9-11-33(43(51)47-27)20-31-10-12-41(40(46)21-31)50-17-13-30(14-18-50)19-32-7-6-8-34-24-49(16-15-36(32)34)26-38-39(45)22-35(23-42(38)53-5)37-25-48(4)44(52)29(3)28(37)2/h6-8,10,12,21-23,25,30,33H,1,9,11,13-20,24,26H2,2-5H3,(H,47,51)/t33-/m0/s1. The molecule has 4 heterocycles. The van der Waals surface area contributed by atoms with Crippen LogP contribution >= 0.6 is 11.6 Å². The molecule has 2 fully saturated rings. The molecular weight excluding hydrogens is 687 g/mol. The number of piperidine rings is 2. The van der Waals surface area contributed by atoms with Gasteiger partial charge in [0.05, 0.1) is 12.8 Å². The number of aromatic nitrogens is 1. The van der Waals surface area contributed by atoms with Crippen molar-refractivity contribution in [2.24, 2.45) is 18.9 Å². The third kappa shape index (κ3) is 7.81. The molecule has 2 saturated heterocycles. The number of fused-ring (bicyclic) bond motifs is 1. The highest BCUT2D eigenvalue weighted by Crippen LogP contribution is 2.37. The Bertz CT molecular complexity index is 2120. The van der Waals surface area contributed by atoms with Gasteiger partial charge in [-0.1, -0.05) is 42.4 Å². The van der Waals surface area contributed by atoms with Crippen molar-refractivity contribution >= 4 is 23.2 Å². The first-order valence-corrected chi connectivity index (χ1v) is 19.2. The van der Waals surface area contributed by atoms with Gasteiger partial charge in [0.2, 0.25) is 5.91 Å². The van der Waals surface area contributed by atoms with Crippen LogP contribution in [-0.2, 0) is 44.2 Å². The second kappa shape index (κ2) is 15.5. The van der Waals surface area contributed by atoms with Gasteiger partial charge in [-0.2, -0.15) is 0 Å². The van der Waals surface area contributed by atoms with Crippen LogP contribution in [0.2, 0.25) is 5.02 Å². The Morgan fingerprint density at radius 1 is 0.981 bits per heavy atom. The number of amides is 1. The molecule has 278 valence electrons. The summed E-state index contributed by atoms with van der Waals surface area (Å²) in [7, 11) is 3.46. The molecule has 0 aliphatic carbocycles. The first kappa shape index (κ1) is 36.9. The Morgan fingerprint density at radius 2 is 1.77 bits per heavy atom. The van der Waals surface area contributed by atoms with Crippen molar-refractivity contribution in [2.75, 3.05) is 31.6 Å². The Labute approximate surface area is 317 Å². The lowest BCUT2D eigenvalue weighted by Gasteiger charge is -2.35. The van der Waals surface area contributed by atoms with Crippen LogP contribution < -0.4 is 20.5 Å². The number of ether oxygens (including phenoxy) is 1. The topological polar surface area (TPSA) is 66.8 Å². The lowest BCUT2D eigenvalue weighted by Crippen LogP contribution is -2.36.